The van der Waals surface area contributed by atoms with Crippen molar-refractivity contribution in [1.29, 1.82) is 0 Å². The van der Waals surface area contributed by atoms with E-state index in [-0.39, 0.29) is 0 Å². The summed E-state index contributed by atoms with van der Waals surface area (Å²) in [5.74, 6) is -0.563. The number of carbonyl (C=O) groups is 1. The highest BCUT2D eigenvalue weighted by Crippen LogP contribution is 2.31. The SMILES string of the molecule is COC(=O)C(OC)(c1ccccn1)c1ccccn1. The molecular weight excluding hydrogens is 244 g/mol. The second-order valence-electron chi connectivity index (χ2n) is 3.81. The first-order chi connectivity index (χ1) is 9.25. The van der Waals surface area contributed by atoms with Crippen LogP contribution in [-0.4, -0.2) is 30.2 Å². The first-order valence-electron chi connectivity index (χ1n) is 5.72. The van der Waals surface area contributed by atoms with Crippen molar-refractivity contribution in [3.63, 3.8) is 0 Å². The molecular formula is C14H14N2O3. The van der Waals surface area contributed by atoms with E-state index >= 15 is 0 Å². The van der Waals surface area contributed by atoms with Crippen molar-refractivity contribution in [1.82, 2.24) is 9.97 Å². The van der Waals surface area contributed by atoms with Gasteiger partial charge in [-0.2, -0.15) is 0 Å². The first kappa shape index (κ1) is 13.2. The molecule has 5 nitrogen and oxygen atoms in total. The fourth-order valence-corrected chi connectivity index (χ4v) is 1.92. The number of nitrogens with zero attached hydrogens (tertiary/aromatic N) is 2. The highest BCUT2D eigenvalue weighted by Gasteiger charge is 2.46. The number of pyridine rings is 2. The Morgan fingerprint density at radius 2 is 1.53 bits per heavy atom. The van der Waals surface area contributed by atoms with Gasteiger partial charge in [0.1, 0.15) is 0 Å². The van der Waals surface area contributed by atoms with Crippen LogP contribution in [0.5, 0.6) is 0 Å². The van der Waals surface area contributed by atoms with Gasteiger partial charge in [-0.1, -0.05) is 12.1 Å². The minimum atomic E-state index is -1.45. The van der Waals surface area contributed by atoms with E-state index in [9.17, 15) is 4.79 Å². The zero-order chi connectivity index (χ0) is 13.7. The molecule has 0 aliphatic rings. The molecule has 98 valence electrons. The molecule has 0 atom stereocenters. The third-order valence-electron chi connectivity index (χ3n) is 2.83. The highest BCUT2D eigenvalue weighted by molar-refractivity contribution is 5.84. The van der Waals surface area contributed by atoms with Crippen LogP contribution in [0.15, 0.2) is 48.8 Å². The van der Waals surface area contributed by atoms with E-state index in [1.165, 1.54) is 14.2 Å². The molecule has 2 rings (SSSR count). The van der Waals surface area contributed by atoms with Crippen LogP contribution in [0, 0.1) is 0 Å². The average Bonchev–Trinajstić information content (AvgIpc) is 2.50. The van der Waals surface area contributed by atoms with Gasteiger partial charge >= 0.3 is 5.97 Å². The fraction of sp³-hybridized carbons (Fsp3) is 0.214. The number of hydrogen-bond donors (Lipinski definition) is 0. The monoisotopic (exact) mass is 258 g/mol. The number of carbonyl (C=O) groups excluding carboxylic acids is 1. The summed E-state index contributed by atoms with van der Waals surface area (Å²) in [7, 11) is 2.74. The molecule has 2 heterocycles. The molecule has 2 aromatic heterocycles. The summed E-state index contributed by atoms with van der Waals surface area (Å²) in [5.41, 5.74) is -0.580. The molecule has 19 heavy (non-hydrogen) atoms. The van der Waals surface area contributed by atoms with E-state index in [0.29, 0.717) is 11.4 Å². The van der Waals surface area contributed by atoms with E-state index in [1.807, 2.05) is 0 Å². The Morgan fingerprint density at radius 1 is 1.00 bits per heavy atom. The number of ether oxygens (including phenoxy) is 2. The van der Waals surface area contributed by atoms with Gasteiger partial charge in [-0.05, 0) is 24.3 Å². The summed E-state index contributed by atoms with van der Waals surface area (Å²) in [4.78, 5) is 20.6. The van der Waals surface area contributed by atoms with Gasteiger partial charge in [0.25, 0.3) is 0 Å². The maximum absolute atomic E-state index is 12.2. The maximum Gasteiger partial charge on any atom is 0.350 e. The third-order valence-corrected chi connectivity index (χ3v) is 2.83. The number of esters is 1. The molecule has 0 fully saturated rings. The number of methoxy groups -OCH3 is 2. The fourth-order valence-electron chi connectivity index (χ4n) is 1.92. The van der Waals surface area contributed by atoms with Crippen molar-refractivity contribution < 1.29 is 14.3 Å². The standard InChI is InChI=1S/C14H14N2O3/c1-18-13(17)14(19-2,11-7-3-5-9-15-11)12-8-4-6-10-16-12/h3-10H,1-2H3. The van der Waals surface area contributed by atoms with Crippen LogP contribution in [0.2, 0.25) is 0 Å². The number of aromatic nitrogens is 2. The second-order valence-corrected chi connectivity index (χ2v) is 3.81. The zero-order valence-electron chi connectivity index (χ0n) is 10.7. The molecule has 0 N–H and O–H groups in total. The molecule has 0 aliphatic heterocycles. The molecule has 0 unspecified atom stereocenters. The third kappa shape index (κ3) is 2.20. The van der Waals surface area contributed by atoms with Crippen LogP contribution in [0.3, 0.4) is 0 Å². The van der Waals surface area contributed by atoms with Crippen LogP contribution in [0.4, 0.5) is 0 Å². The molecule has 0 aromatic carbocycles. The van der Waals surface area contributed by atoms with E-state index in [4.69, 9.17) is 9.47 Å². The normalized spacial score (nSPS) is 11.1. The Labute approximate surface area is 111 Å². The molecule has 2 aromatic rings. The minimum Gasteiger partial charge on any atom is -0.466 e. The van der Waals surface area contributed by atoms with Crippen molar-refractivity contribution in [3.8, 4) is 0 Å². The molecule has 0 aliphatic carbocycles. The summed E-state index contributed by atoms with van der Waals surface area (Å²) in [6.07, 6.45) is 3.18. The van der Waals surface area contributed by atoms with Crippen LogP contribution in [0.25, 0.3) is 0 Å². The van der Waals surface area contributed by atoms with E-state index in [0.717, 1.165) is 0 Å². The molecule has 0 saturated heterocycles. The summed E-state index contributed by atoms with van der Waals surface area (Å²) >= 11 is 0. The highest BCUT2D eigenvalue weighted by atomic mass is 16.6. The van der Waals surface area contributed by atoms with Gasteiger partial charge in [0.15, 0.2) is 0 Å². The topological polar surface area (TPSA) is 61.3 Å². The van der Waals surface area contributed by atoms with Crippen LogP contribution < -0.4 is 0 Å². The zero-order valence-corrected chi connectivity index (χ0v) is 10.7. The lowest BCUT2D eigenvalue weighted by atomic mass is 9.94. The molecule has 5 heteroatoms. The minimum absolute atomic E-state index is 0.433. The Bertz CT molecular complexity index is 504. The lowest BCUT2D eigenvalue weighted by molar-refractivity contribution is -0.163. The predicted octanol–water partition coefficient (Wildman–Crippen LogP) is 1.54. The van der Waals surface area contributed by atoms with Crippen LogP contribution >= 0.6 is 0 Å². The summed E-state index contributed by atoms with van der Waals surface area (Å²) < 4.78 is 10.3. The molecule has 0 amide bonds. The van der Waals surface area contributed by atoms with Crippen molar-refractivity contribution in [2.24, 2.45) is 0 Å². The largest absolute Gasteiger partial charge is 0.466 e. The van der Waals surface area contributed by atoms with E-state index in [2.05, 4.69) is 9.97 Å². The molecule has 0 bridgehead atoms. The van der Waals surface area contributed by atoms with Crippen molar-refractivity contribution >= 4 is 5.97 Å². The lowest BCUT2D eigenvalue weighted by Gasteiger charge is -2.28. The summed E-state index contributed by atoms with van der Waals surface area (Å²) in [6.45, 7) is 0. The Morgan fingerprint density at radius 3 is 1.84 bits per heavy atom. The van der Waals surface area contributed by atoms with E-state index in [1.54, 1.807) is 48.8 Å². The van der Waals surface area contributed by atoms with Gasteiger partial charge in [-0.25, -0.2) is 4.79 Å². The van der Waals surface area contributed by atoms with Gasteiger partial charge in [0, 0.05) is 19.5 Å². The van der Waals surface area contributed by atoms with Gasteiger partial charge < -0.3 is 9.47 Å². The molecule has 0 spiro atoms. The van der Waals surface area contributed by atoms with Gasteiger partial charge in [-0.15, -0.1) is 0 Å². The molecule has 0 saturated carbocycles. The van der Waals surface area contributed by atoms with Gasteiger partial charge in [0.2, 0.25) is 5.60 Å². The number of rotatable bonds is 4. The van der Waals surface area contributed by atoms with Crippen molar-refractivity contribution in [2.45, 2.75) is 5.60 Å². The average molecular weight is 258 g/mol. The van der Waals surface area contributed by atoms with Crippen molar-refractivity contribution in [3.05, 3.63) is 60.2 Å². The Balaban J connectivity index is 2.66. The Kier molecular flexibility index (Phi) is 3.87. The van der Waals surface area contributed by atoms with Gasteiger partial charge in [-0.3, -0.25) is 9.97 Å². The second kappa shape index (κ2) is 5.58. The lowest BCUT2D eigenvalue weighted by Crippen LogP contribution is -2.41. The van der Waals surface area contributed by atoms with Crippen LogP contribution in [-0.2, 0) is 19.9 Å². The van der Waals surface area contributed by atoms with Crippen LogP contribution in [0.1, 0.15) is 11.4 Å². The smallest absolute Gasteiger partial charge is 0.350 e. The maximum atomic E-state index is 12.2. The summed E-state index contributed by atoms with van der Waals surface area (Å²) in [6, 6.07) is 10.5. The molecule has 0 radical (unpaired) electrons. The number of hydrogen-bond acceptors (Lipinski definition) is 5. The van der Waals surface area contributed by atoms with Gasteiger partial charge in [0.05, 0.1) is 18.5 Å². The van der Waals surface area contributed by atoms with Crippen molar-refractivity contribution in [2.75, 3.05) is 14.2 Å². The first-order valence-corrected chi connectivity index (χ1v) is 5.72. The summed E-state index contributed by atoms with van der Waals surface area (Å²) in [5, 5.41) is 0. The predicted molar refractivity (Wildman–Crippen MR) is 68.3 cm³/mol. The Hall–Kier alpha value is -2.27. The van der Waals surface area contributed by atoms with E-state index < -0.39 is 11.6 Å². The quantitative estimate of drug-likeness (QED) is 0.778.